The van der Waals surface area contributed by atoms with E-state index in [-0.39, 0.29) is 11.8 Å². The van der Waals surface area contributed by atoms with Gasteiger partial charge >= 0.3 is 0 Å². The number of halogens is 1. The topological polar surface area (TPSA) is 52.7 Å². The van der Waals surface area contributed by atoms with Gasteiger partial charge < -0.3 is 0 Å². The normalized spacial score (nSPS) is 17.4. The quantitative estimate of drug-likeness (QED) is 0.660. The number of hydrazine groups is 1. The van der Waals surface area contributed by atoms with Crippen molar-refractivity contribution < 1.29 is 9.59 Å². The number of amides is 2. The predicted molar refractivity (Wildman–Crippen MR) is 106 cm³/mol. The van der Waals surface area contributed by atoms with E-state index < -0.39 is 6.17 Å². The van der Waals surface area contributed by atoms with Crippen molar-refractivity contribution in [2.45, 2.75) is 6.17 Å². The maximum atomic E-state index is 13.3. The van der Waals surface area contributed by atoms with Crippen molar-refractivity contribution >= 4 is 39.1 Å². The molecular weight excluding hydrogens is 406 g/mol. The Balaban J connectivity index is 1.71. The molecule has 0 fully saturated rings. The molecule has 0 saturated carbocycles. The minimum Gasteiger partial charge on any atom is -0.293 e. The van der Waals surface area contributed by atoms with Gasteiger partial charge in [0, 0.05) is 15.6 Å². The number of carbonyl (C=O) groups is 2. The molecule has 132 valence electrons. The zero-order valence-electron chi connectivity index (χ0n) is 14.1. The molecule has 0 bridgehead atoms. The van der Waals surface area contributed by atoms with E-state index in [1.54, 1.807) is 17.0 Å². The first-order valence-electron chi connectivity index (χ1n) is 8.52. The van der Waals surface area contributed by atoms with Crippen LogP contribution in [-0.2, 0) is 0 Å². The summed E-state index contributed by atoms with van der Waals surface area (Å²) in [7, 11) is 0. The maximum absolute atomic E-state index is 13.3. The molecule has 0 radical (unpaired) electrons. The molecular formula is C21H14BrN3O2. The van der Waals surface area contributed by atoms with Crippen LogP contribution in [0.1, 0.15) is 32.4 Å². The number of benzene rings is 3. The molecule has 27 heavy (non-hydrogen) atoms. The van der Waals surface area contributed by atoms with Crippen molar-refractivity contribution in [1.29, 1.82) is 0 Å². The number of hydrogen-bond acceptors (Lipinski definition) is 3. The van der Waals surface area contributed by atoms with Crippen molar-refractivity contribution in [2.24, 2.45) is 0 Å². The first-order chi connectivity index (χ1) is 13.1. The highest BCUT2D eigenvalue weighted by molar-refractivity contribution is 9.10. The van der Waals surface area contributed by atoms with Crippen LogP contribution in [0.15, 0.2) is 77.3 Å². The highest BCUT2D eigenvalue weighted by Gasteiger charge is 2.48. The van der Waals surface area contributed by atoms with E-state index in [4.69, 9.17) is 0 Å². The number of para-hydroxylation sites is 1. The molecule has 6 heteroatoms. The Hall–Kier alpha value is -3.12. The molecule has 2 amide bonds. The average molecular weight is 420 g/mol. The molecule has 1 atom stereocenters. The van der Waals surface area contributed by atoms with Gasteiger partial charge in [0.1, 0.15) is 0 Å². The summed E-state index contributed by atoms with van der Waals surface area (Å²) in [6.07, 6.45) is -0.532. The largest absolute Gasteiger partial charge is 0.293 e. The Kier molecular flexibility index (Phi) is 3.55. The summed E-state index contributed by atoms with van der Waals surface area (Å²) in [5, 5.41) is 1.54. The monoisotopic (exact) mass is 419 g/mol. The van der Waals surface area contributed by atoms with Crippen LogP contribution in [0.2, 0.25) is 0 Å². The van der Waals surface area contributed by atoms with Gasteiger partial charge in [-0.2, -0.15) is 0 Å². The number of nitrogens with one attached hydrogen (secondary N) is 1. The fourth-order valence-electron chi connectivity index (χ4n) is 3.69. The van der Waals surface area contributed by atoms with Crippen LogP contribution in [0, 0.1) is 0 Å². The number of fused-ring (bicyclic) bond motifs is 5. The Labute approximate surface area is 164 Å². The Morgan fingerprint density at radius 1 is 0.815 bits per heavy atom. The Morgan fingerprint density at radius 2 is 1.56 bits per heavy atom. The lowest BCUT2D eigenvalue weighted by Crippen LogP contribution is -2.50. The number of nitrogens with zero attached hydrogens (tertiary/aromatic N) is 2. The maximum Gasteiger partial charge on any atom is 0.276 e. The molecule has 3 aromatic carbocycles. The second kappa shape index (κ2) is 5.96. The zero-order chi connectivity index (χ0) is 18.5. The van der Waals surface area contributed by atoms with Crippen LogP contribution in [0.4, 0.5) is 11.4 Å². The molecule has 5 rings (SSSR count). The summed E-state index contributed by atoms with van der Waals surface area (Å²) >= 11 is 3.43. The molecule has 2 aliphatic rings. The van der Waals surface area contributed by atoms with Crippen molar-refractivity contribution in [3.05, 3.63) is 94.0 Å². The minimum atomic E-state index is -0.532. The summed E-state index contributed by atoms with van der Waals surface area (Å²) in [5.41, 5.74) is 6.51. The van der Waals surface area contributed by atoms with Crippen LogP contribution in [0.25, 0.3) is 0 Å². The van der Waals surface area contributed by atoms with Crippen molar-refractivity contribution in [1.82, 2.24) is 5.01 Å². The van der Waals surface area contributed by atoms with Gasteiger partial charge in [-0.3, -0.25) is 19.9 Å². The third-order valence-electron chi connectivity index (χ3n) is 4.87. The van der Waals surface area contributed by atoms with Gasteiger partial charge in [0.05, 0.1) is 16.9 Å². The predicted octanol–water partition coefficient (Wildman–Crippen LogP) is 4.59. The molecule has 0 saturated heterocycles. The Bertz CT molecular complexity index is 1080. The van der Waals surface area contributed by atoms with Gasteiger partial charge in [-0.05, 0) is 36.4 Å². The average Bonchev–Trinajstić information content (AvgIpc) is 2.99. The van der Waals surface area contributed by atoms with Gasteiger partial charge in [-0.25, -0.2) is 5.01 Å². The van der Waals surface area contributed by atoms with Gasteiger partial charge in [0.25, 0.3) is 11.8 Å². The summed E-state index contributed by atoms with van der Waals surface area (Å²) in [6, 6.07) is 22.3. The van der Waals surface area contributed by atoms with Gasteiger partial charge in [-0.1, -0.05) is 52.3 Å². The van der Waals surface area contributed by atoms with Gasteiger partial charge in [0.15, 0.2) is 6.17 Å². The van der Waals surface area contributed by atoms with E-state index in [9.17, 15) is 9.59 Å². The van der Waals surface area contributed by atoms with Crippen LogP contribution < -0.4 is 10.3 Å². The van der Waals surface area contributed by atoms with Crippen molar-refractivity contribution in [3.8, 4) is 0 Å². The van der Waals surface area contributed by atoms with Gasteiger partial charge in [0.2, 0.25) is 0 Å². The fraction of sp³-hybridized carbons (Fsp3) is 0.0476. The van der Waals surface area contributed by atoms with E-state index in [0.717, 1.165) is 15.7 Å². The Morgan fingerprint density at radius 3 is 2.37 bits per heavy atom. The molecule has 5 nitrogen and oxygen atoms in total. The molecule has 0 spiro atoms. The first-order valence-corrected chi connectivity index (χ1v) is 9.32. The SMILES string of the molecule is O=C1c2cc(Br)ccc2N2C(=O)c3ccccc3C2N1Nc1ccccc1. The highest BCUT2D eigenvalue weighted by atomic mass is 79.9. The standard InChI is InChI=1S/C21H14BrN3O2/c22-13-10-11-18-17(12-13)21(27)25(23-14-6-2-1-3-7-14)19-15-8-4-5-9-16(15)20(26)24(18)19/h1-12,19,23H. The second-order valence-electron chi connectivity index (χ2n) is 6.45. The number of rotatable bonds is 2. The number of hydrogen-bond donors (Lipinski definition) is 1. The molecule has 0 aromatic heterocycles. The van der Waals surface area contributed by atoms with E-state index in [0.29, 0.717) is 16.8 Å². The first kappa shape index (κ1) is 16.1. The molecule has 3 aromatic rings. The number of carbonyl (C=O) groups excluding carboxylic acids is 2. The van der Waals surface area contributed by atoms with E-state index in [1.807, 2.05) is 60.7 Å². The molecule has 2 aliphatic heterocycles. The molecule has 1 N–H and O–H groups in total. The smallest absolute Gasteiger partial charge is 0.276 e. The van der Waals surface area contributed by atoms with Crippen molar-refractivity contribution in [3.63, 3.8) is 0 Å². The molecule has 0 aliphatic carbocycles. The highest BCUT2D eigenvalue weighted by Crippen LogP contribution is 2.45. The minimum absolute atomic E-state index is 0.105. The van der Waals surface area contributed by atoms with Crippen LogP contribution in [-0.4, -0.2) is 16.8 Å². The summed E-state index contributed by atoms with van der Waals surface area (Å²) in [6.45, 7) is 0. The lowest BCUT2D eigenvalue weighted by atomic mass is 10.0. The second-order valence-corrected chi connectivity index (χ2v) is 7.37. The van der Waals surface area contributed by atoms with Crippen LogP contribution in [0.5, 0.6) is 0 Å². The fourth-order valence-corrected chi connectivity index (χ4v) is 4.05. The summed E-state index contributed by atoms with van der Waals surface area (Å²) < 4.78 is 0.789. The van der Waals surface area contributed by atoms with E-state index >= 15 is 0 Å². The lowest BCUT2D eigenvalue weighted by Gasteiger charge is -2.41. The van der Waals surface area contributed by atoms with Crippen LogP contribution in [0.3, 0.4) is 0 Å². The zero-order valence-corrected chi connectivity index (χ0v) is 15.7. The molecule has 1 unspecified atom stereocenters. The van der Waals surface area contributed by atoms with Gasteiger partial charge in [-0.15, -0.1) is 0 Å². The third kappa shape index (κ3) is 2.37. The summed E-state index contributed by atoms with van der Waals surface area (Å²) in [5.74, 6) is -0.285. The summed E-state index contributed by atoms with van der Waals surface area (Å²) in [4.78, 5) is 28.2. The lowest BCUT2D eigenvalue weighted by molar-refractivity contribution is 0.0700. The van der Waals surface area contributed by atoms with E-state index in [1.165, 1.54) is 5.01 Å². The molecule has 2 heterocycles. The third-order valence-corrected chi connectivity index (χ3v) is 5.36. The van der Waals surface area contributed by atoms with Crippen LogP contribution >= 0.6 is 15.9 Å². The number of anilines is 2. The van der Waals surface area contributed by atoms with E-state index in [2.05, 4.69) is 21.4 Å². The van der Waals surface area contributed by atoms with Crippen molar-refractivity contribution in [2.75, 3.05) is 10.3 Å².